The van der Waals surface area contributed by atoms with Gasteiger partial charge in [-0.15, -0.1) is 0 Å². The van der Waals surface area contributed by atoms with Gasteiger partial charge in [-0.25, -0.2) is 0 Å². The molecular formula is C21H23N3O5. The first-order valence-corrected chi connectivity index (χ1v) is 9.20. The molecule has 0 saturated carbocycles. The summed E-state index contributed by atoms with van der Waals surface area (Å²) in [6.45, 7) is 2.54. The molecule has 1 aromatic heterocycles. The van der Waals surface area contributed by atoms with Crippen LogP contribution in [0.3, 0.4) is 0 Å². The van der Waals surface area contributed by atoms with Gasteiger partial charge in [0.1, 0.15) is 5.75 Å². The molecule has 0 radical (unpaired) electrons. The highest BCUT2D eigenvalue weighted by molar-refractivity contribution is 5.91. The van der Waals surface area contributed by atoms with Gasteiger partial charge < -0.3 is 24.1 Å². The van der Waals surface area contributed by atoms with Gasteiger partial charge in [0.25, 0.3) is 0 Å². The van der Waals surface area contributed by atoms with Crippen LogP contribution in [0.15, 0.2) is 47.0 Å². The quantitative estimate of drug-likeness (QED) is 0.588. The van der Waals surface area contributed by atoms with Crippen molar-refractivity contribution in [2.24, 2.45) is 0 Å². The number of aryl methyl sites for hydroxylation is 1. The van der Waals surface area contributed by atoms with E-state index >= 15 is 0 Å². The first kappa shape index (κ1) is 20.2. The lowest BCUT2D eigenvalue weighted by Crippen LogP contribution is -2.12. The van der Waals surface area contributed by atoms with Crippen LogP contribution in [-0.4, -0.2) is 36.9 Å². The smallest absolute Gasteiger partial charge is 0.227 e. The van der Waals surface area contributed by atoms with Gasteiger partial charge in [0, 0.05) is 30.2 Å². The normalized spacial score (nSPS) is 10.4. The Bertz CT molecular complexity index is 953. The summed E-state index contributed by atoms with van der Waals surface area (Å²) in [5.74, 6) is 2.63. The van der Waals surface area contributed by atoms with Crippen LogP contribution in [0.25, 0.3) is 11.4 Å². The number of methoxy groups -OCH3 is 2. The van der Waals surface area contributed by atoms with Crippen LogP contribution < -0.4 is 19.5 Å². The van der Waals surface area contributed by atoms with Crippen LogP contribution in [0.5, 0.6) is 17.2 Å². The number of hydrogen-bond acceptors (Lipinski definition) is 7. The Hall–Kier alpha value is -3.55. The Kier molecular flexibility index (Phi) is 6.67. The molecule has 0 aliphatic heterocycles. The fraction of sp³-hybridized carbons (Fsp3) is 0.286. The summed E-state index contributed by atoms with van der Waals surface area (Å²) in [7, 11) is 3.10. The molecule has 1 amide bonds. The van der Waals surface area contributed by atoms with Crippen molar-refractivity contribution >= 4 is 11.6 Å². The molecular weight excluding hydrogens is 374 g/mol. The largest absolute Gasteiger partial charge is 0.494 e. The number of ether oxygens (including phenoxy) is 3. The van der Waals surface area contributed by atoms with E-state index in [4.69, 9.17) is 18.7 Å². The van der Waals surface area contributed by atoms with Gasteiger partial charge in [0.2, 0.25) is 17.6 Å². The zero-order valence-corrected chi connectivity index (χ0v) is 16.6. The maximum Gasteiger partial charge on any atom is 0.227 e. The Balaban J connectivity index is 1.56. The molecule has 0 atom stereocenters. The molecule has 8 heteroatoms. The zero-order valence-electron chi connectivity index (χ0n) is 16.6. The Labute approximate surface area is 168 Å². The molecule has 3 rings (SSSR count). The average molecular weight is 397 g/mol. The maximum absolute atomic E-state index is 12.2. The van der Waals surface area contributed by atoms with Crippen molar-refractivity contribution in [2.75, 3.05) is 26.1 Å². The number of nitrogens with zero attached hydrogens (tertiary/aromatic N) is 2. The lowest BCUT2D eigenvalue weighted by molar-refractivity contribution is -0.116. The summed E-state index contributed by atoms with van der Waals surface area (Å²) in [5, 5.41) is 6.79. The van der Waals surface area contributed by atoms with Crippen molar-refractivity contribution in [2.45, 2.75) is 19.8 Å². The van der Waals surface area contributed by atoms with Crippen LogP contribution in [0, 0.1) is 0 Å². The monoisotopic (exact) mass is 397 g/mol. The van der Waals surface area contributed by atoms with Crippen molar-refractivity contribution < 1.29 is 23.5 Å². The fourth-order valence-electron chi connectivity index (χ4n) is 2.70. The molecule has 8 nitrogen and oxygen atoms in total. The molecule has 1 heterocycles. The third kappa shape index (κ3) is 5.25. The van der Waals surface area contributed by atoms with E-state index in [1.807, 2.05) is 31.2 Å². The van der Waals surface area contributed by atoms with Gasteiger partial charge >= 0.3 is 0 Å². The second-order valence-electron chi connectivity index (χ2n) is 6.09. The number of carbonyl (C=O) groups is 1. The van der Waals surface area contributed by atoms with E-state index in [1.54, 1.807) is 32.4 Å². The maximum atomic E-state index is 12.2. The minimum absolute atomic E-state index is 0.168. The van der Waals surface area contributed by atoms with Crippen LogP contribution in [-0.2, 0) is 11.2 Å². The number of anilines is 1. The first-order chi connectivity index (χ1) is 14.1. The SMILES string of the molecule is CCOc1ccc(-c2noc(CCC(=O)Nc3ccc(OC)c(OC)c3)n2)cc1. The highest BCUT2D eigenvalue weighted by atomic mass is 16.5. The van der Waals surface area contributed by atoms with Gasteiger partial charge in [-0.2, -0.15) is 4.98 Å². The van der Waals surface area contributed by atoms with E-state index in [2.05, 4.69) is 15.5 Å². The van der Waals surface area contributed by atoms with Gasteiger partial charge in [-0.05, 0) is 43.3 Å². The predicted octanol–water partition coefficient (Wildman–Crippen LogP) is 3.72. The minimum atomic E-state index is -0.168. The number of carbonyl (C=O) groups excluding carboxylic acids is 1. The Morgan fingerprint density at radius 3 is 2.52 bits per heavy atom. The van der Waals surface area contributed by atoms with Crippen LogP contribution in [0.4, 0.5) is 5.69 Å². The minimum Gasteiger partial charge on any atom is -0.494 e. The molecule has 3 aromatic rings. The molecule has 29 heavy (non-hydrogen) atoms. The highest BCUT2D eigenvalue weighted by Crippen LogP contribution is 2.29. The van der Waals surface area contributed by atoms with E-state index in [0.29, 0.717) is 41.9 Å². The lowest BCUT2D eigenvalue weighted by Gasteiger charge is -2.10. The predicted molar refractivity (Wildman–Crippen MR) is 107 cm³/mol. The third-order valence-corrected chi connectivity index (χ3v) is 4.12. The van der Waals surface area contributed by atoms with Gasteiger partial charge in [0.05, 0.1) is 20.8 Å². The molecule has 152 valence electrons. The topological polar surface area (TPSA) is 95.7 Å². The first-order valence-electron chi connectivity index (χ1n) is 9.20. The zero-order chi connectivity index (χ0) is 20.6. The molecule has 0 saturated heterocycles. The van der Waals surface area contributed by atoms with Crippen molar-refractivity contribution in [3.63, 3.8) is 0 Å². The van der Waals surface area contributed by atoms with E-state index in [9.17, 15) is 4.79 Å². The summed E-state index contributed by atoms with van der Waals surface area (Å²) in [5.41, 5.74) is 1.44. The van der Waals surface area contributed by atoms with Crippen LogP contribution in [0.1, 0.15) is 19.2 Å². The molecule has 0 aliphatic carbocycles. The van der Waals surface area contributed by atoms with Crippen LogP contribution in [0.2, 0.25) is 0 Å². The number of nitrogens with one attached hydrogen (secondary N) is 1. The lowest BCUT2D eigenvalue weighted by atomic mass is 10.2. The van der Waals surface area contributed by atoms with E-state index in [-0.39, 0.29) is 12.3 Å². The number of hydrogen-bond donors (Lipinski definition) is 1. The number of benzene rings is 2. The number of aromatic nitrogens is 2. The van der Waals surface area contributed by atoms with Crippen molar-refractivity contribution in [3.8, 4) is 28.6 Å². The Morgan fingerprint density at radius 1 is 1.07 bits per heavy atom. The second-order valence-corrected chi connectivity index (χ2v) is 6.09. The van der Waals surface area contributed by atoms with E-state index in [1.165, 1.54) is 0 Å². The van der Waals surface area contributed by atoms with Crippen molar-refractivity contribution in [1.29, 1.82) is 0 Å². The van der Waals surface area contributed by atoms with E-state index < -0.39 is 0 Å². The van der Waals surface area contributed by atoms with Gasteiger partial charge in [-0.1, -0.05) is 5.16 Å². The summed E-state index contributed by atoms with van der Waals surface area (Å²) >= 11 is 0. The second kappa shape index (κ2) is 9.59. The van der Waals surface area contributed by atoms with Gasteiger partial charge in [0.15, 0.2) is 11.5 Å². The highest BCUT2D eigenvalue weighted by Gasteiger charge is 2.12. The summed E-state index contributed by atoms with van der Waals surface area (Å²) in [6.07, 6.45) is 0.544. The summed E-state index contributed by atoms with van der Waals surface area (Å²) < 4.78 is 21.1. The molecule has 0 unspecified atom stereocenters. The van der Waals surface area contributed by atoms with Crippen LogP contribution >= 0.6 is 0 Å². The third-order valence-electron chi connectivity index (χ3n) is 4.12. The number of amides is 1. The standard InChI is InChI=1S/C21H23N3O5/c1-4-28-16-8-5-14(6-9-16)21-23-20(29-24-21)12-11-19(25)22-15-7-10-17(26-2)18(13-15)27-3/h5-10,13H,4,11-12H2,1-3H3,(H,22,25). The fourth-order valence-corrected chi connectivity index (χ4v) is 2.70. The molecule has 0 bridgehead atoms. The van der Waals surface area contributed by atoms with Gasteiger partial charge in [-0.3, -0.25) is 4.79 Å². The average Bonchev–Trinajstić information content (AvgIpc) is 3.22. The molecule has 1 N–H and O–H groups in total. The number of rotatable bonds is 9. The molecule has 0 spiro atoms. The van der Waals surface area contributed by atoms with E-state index in [0.717, 1.165) is 11.3 Å². The van der Waals surface area contributed by atoms with Crippen molar-refractivity contribution in [1.82, 2.24) is 10.1 Å². The molecule has 0 fully saturated rings. The van der Waals surface area contributed by atoms with Crippen molar-refractivity contribution in [3.05, 3.63) is 48.4 Å². The summed E-state index contributed by atoms with van der Waals surface area (Å²) in [4.78, 5) is 16.6. The Morgan fingerprint density at radius 2 is 1.83 bits per heavy atom. The molecule has 2 aromatic carbocycles. The molecule has 0 aliphatic rings. The summed E-state index contributed by atoms with van der Waals surface area (Å²) in [6, 6.07) is 12.6.